The average Bonchev–Trinajstić information content (AvgIpc) is 3.11. The highest BCUT2D eigenvalue weighted by atomic mass is 16.6. The number of H-pyrrole nitrogens is 1. The molecule has 180 valence electrons. The van der Waals surface area contributed by atoms with Crippen molar-refractivity contribution in [3.8, 4) is 0 Å². The molecule has 2 rings (SSSR count). The number of aliphatic hydroxyl groups is 1. The van der Waals surface area contributed by atoms with Crippen molar-refractivity contribution in [1.29, 1.82) is 0 Å². The number of aliphatic hydroxyl groups excluding tert-OH is 1. The van der Waals surface area contributed by atoms with E-state index in [0.717, 1.165) is 25.0 Å². The number of rotatable bonds is 11. The molecule has 3 N–H and O–H groups in total. The molecule has 0 saturated heterocycles. The number of nitrogens with one attached hydrogen (secondary N) is 2. The smallest absolute Gasteiger partial charge is 0.407 e. The third-order valence-corrected chi connectivity index (χ3v) is 6.11. The molecule has 0 saturated carbocycles. The summed E-state index contributed by atoms with van der Waals surface area (Å²) < 4.78 is 10.6. The Kier molecular flexibility index (Phi) is 9.59. The minimum Gasteiger partial charge on any atom is -0.444 e. The molecular weight excluding hydrogens is 404 g/mol. The first-order chi connectivity index (χ1) is 15.1. The number of carbonyl (C=O) groups excluding carboxylic acids is 1. The maximum Gasteiger partial charge on any atom is 0.407 e. The second-order valence-corrected chi connectivity index (χ2v) is 10.2. The van der Waals surface area contributed by atoms with Gasteiger partial charge in [-0.05, 0) is 81.0 Å². The summed E-state index contributed by atoms with van der Waals surface area (Å²) in [6, 6.07) is 6.29. The van der Waals surface area contributed by atoms with Gasteiger partial charge in [-0.15, -0.1) is 0 Å². The molecule has 3 unspecified atom stereocenters. The van der Waals surface area contributed by atoms with Gasteiger partial charge in [-0.1, -0.05) is 26.8 Å². The Morgan fingerprint density at radius 2 is 1.94 bits per heavy atom. The summed E-state index contributed by atoms with van der Waals surface area (Å²) >= 11 is 0. The molecule has 0 aliphatic heterocycles. The zero-order valence-corrected chi connectivity index (χ0v) is 20.8. The van der Waals surface area contributed by atoms with Crippen molar-refractivity contribution in [2.45, 2.75) is 78.4 Å². The van der Waals surface area contributed by atoms with Crippen LogP contribution in [0.2, 0.25) is 0 Å². The summed E-state index contributed by atoms with van der Waals surface area (Å²) in [6.07, 6.45) is 4.26. The van der Waals surface area contributed by atoms with Crippen LogP contribution in [0.1, 0.15) is 71.4 Å². The van der Waals surface area contributed by atoms with Crippen LogP contribution in [0.3, 0.4) is 0 Å². The average molecular weight is 447 g/mol. The second-order valence-electron chi connectivity index (χ2n) is 10.2. The van der Waals surface area contributed by atoms with E-state index in [-0.39, 0.29) is 24.5 Å². The van der Waals surface area contributed by atoms with Crippen molar-refractivity contribution in [2.24, 2.45) is 11.8 Å². The Hall–Kier alpha value is -2.05. The predicted octanol–water partition coefficient (Wildman–Crippen LogP) is 5.40. The highest BCUT2D eigenvalue weighted by Gasteiger charge is 2.28. The first-order valence-electron chi connectivity index (χ1n) is 11.7. The highest BCUT2D eigenvalue weighted by Crippen LogP contribution is 2.35. The maximum atomic E-state index is 12.2. The van der Waals surface area contributed by atoms with Gasteiger partial charge in [0.15, 0.2) is 0 Å². The Morgan fingerprint density at radius 1 is 1.22 bits per heavy atom. The van der Waals surface area contributed by atoms with E-state index in [0.29, 0.717) is 12.3 Å². The molecule has 0 aliphatic rings. The number of amides is 1. The normalized spacial score (nSPS) is 15.0. The number of ether oxygens (including phenoxy) is 2. The van der Waals surface area contributed by atoms with Crippen LogP contribution in [-0.4, -0.2) is 48.2 Å². The standard InChI is InChI=1S/C26H42N2O4/c1-17(2)22(14-21(16-29)28-25(30)32-26(4,5)6)18(3)19-10-11-24-23(13-19)20(15-27-24)9-8-12-31-7/h10-11,13,15,17-18,21-22,27,29H,8-9,12,14,16H2,1-7H3,(H,28,30). The fraction of sp³-hybridized carbons (Fsp3) is 0.654. The summed E-state index contributed by atoms with van der Waals surface area (Å²) in [5, 5.41) is 14.0. The van der Waals surface area contributed by atoms with E-state index in [2.05, 4.69) is 55.5 Å². The van der Waals surface area contributed by atoms with Crippen molar-refractivity contribution < 1.29 is 19.4 Å². The van der Waals surface area contributed by atoms with E-state index in [1.807, 2.05) is 20.8 Å². The van der Waals surface area contributed by atoms with Crippen molar-refractivity contribution in [2.75, 3.05) is 20.3 Å². The summed E-state index contributed by atoms with van der Waals surface area (Å²) in [7, 11) is 1.73. The second kappa shape index (κ2) is 11.7. The predicted molar refractivity (Wildman–Crippen MR) is 130 cm³/mol. The summed E-state index contributed by atoms with van der Waals surface area (Å²) in [5.41, 5.74) is 3.17. The highest BCUT2D eigenvalue weighted by molar-refractivity contribution is 5.84. The number of carbonyl (C=O) groups is 1. The molecule has 1 aromatic heterocycles. The van der Waals surface area contributed by atoms with Crippen LogP contribution in [0.4, 0.5) is 4.79 Å². The molecule has 2 aromatic rings. The van der Waals surface area contributed by atoms with E-state index in [9.17, 15) is 9.90 Å². The molecule has 3 atom stereocenters. The number of alkyl carbamates (subject to hydrolysis) is 1. The number of methoxy groups -OCH3 is 1. The molecule has 32 heavy (non-hydrogen) atoms. The Labute approximate surface area is 193 Å². The number of aromatic amines is 1. The van der Waals surface area contributed by atoms with Gasteiger partial charge in [0, 0.05) is 30.8 Å². The minimum atomic E-state index is -0.568. The molecule has 0 radical (unpaired) electrons. The van der Waals surface area contributed by atoms with Gasteiger partial charge in [0.2, 0.25) is 0 Å². The van der Waals surface area contributed by atoms with Crippen LogP contribution in [0.5, 0.6) is 0 Å². The molecular formula is C26H42N2O4. The fourth-order valence-corrected chi connectivity index (χ4v) is 4.38. The zero-order chi connectivity index (χ0) is 23.9. The lowest BCUT2D eigenvalue weighted by Gasteiger charge is -2.32. The number of aryl methyl sites for hydroxylation is 1. The summed E-state index contributed by atoms with van der Waals surface area (Å²) in [4.78, 5) is 15.6. The van der Waals surface area contributed by atoms with Crippen molar-refractivity contribution in [3.63, 3.8) is 0 Å². The van der Waals surface area contributed by atoms with Crippen LogP contribution in [0.15, 0.2) is 24.4 Å². The van der Waals surface area contributed by atoms with E-state index in [4.69, 9.17) is 9.47 Å². The summed E-state index contributed by atoms with van der Waals surface area (Å²) in [5.74, 6) is 0.952. The van der Waals surface area contributed by atoms with E-state index < -0.39 is 11.7 Å². The molecule has 6 heteroatoms. The van der Waals surface area contributed by atoms with E-state index >= 15 is 0 Å². The van der Waals surface area contributed by atoms with Gasteiger partial charge in [0.1, 0.15) is 5.60 Å². The SMILES string of the molecule is COCCCc1c[nH]c2ccc(C(C)C(CC(CO)NC(=O)OC(C)(C)C)C(C)C)cc12. The van der Waals surface area contributed by atoms with Crippen LogP contribution in [-0.2, 0) is 15.9 Å². The number of benzene rings is 1. The monoisotopic (exact) mass is 446 g/mol. The van der Waals surface area contributed by atoms with Crippen molar-refractivity contribution >= 4 is 17.0 Å². The lowest BCUT2D eigenvalue weighted by molar-refractivity contribution is 0.0465. The molecule has 1 heterocycles. The van der Waals surface area contributed by atoms with Gasteiger partial charge < -0.3 is 24.9 Å². The van der Waals surface area contributed by atoms with Gasteiger partial charge in [-0.3, -0.25) is 0 Å². The molecule has 1 aromatic carbocycles. The molecule has 0 fully saturated rings. The van der Waals surface area contributed by atoms with E-state index in [1.54, 1.807) is 7.11 Å². The zero-order valence-electron chi connectivity index (χ0n) is 20.8. The topological polar surface area (TPSA) is 83.6 Å². The van der Waals surface area contributed by atoms with Crippen LogP contribution >= 0.6 is 0 Å². The summed E-state index contributed by atoms with van der Waals surface area (Å²) in [6.45, 7) is 12.8. The third kappa shape index (κ3) is 7.52. The first kappa shape index (κ1) is 26.2. The van der Waals surface area contributed by atoms with Gasteiger partial charge in [0.05, 0.1) is 12.6 Å². The lowest BCUT2D eigenvalue weighted by Crippen LogP contribution is -2.43. The van der Waals surface area contributed by atoms with Gasteiger partial charge in [0.25, 0.3) is 0 Å². The Bertz CT molecular complexity index is 853. The fourth-order valence-electron chi connectivity index (χ4n) is 4.38. The van der Waals surface area contributed by atoms with Gasteiger partial charge >= 0.3 is 6.09 Å². The van der Waals surface area contributed by atoms with Crippen LogP contribution in [0.25, 0.3) is 10.9 Å². The molecule has 0 bridgehead atoms. The molecule has 0 spiro atoms. The quantitative estimate of drug-likeness (QED) is 0.404. The lowest BCUT2D eigenvalue weighted by atomic mass is 9.76. The van der Waals surface area contributed by atoms with E-state index in [1.165, 1.54) is 16.5 Å². The molecule has 1 amide bonds. The number of fused-ring (bicyclic) bond motifs is 1. The third-order valence-electron chi connectivity index (χ3n) is 6.11. The van der Waals surface area contributed by atoms with Crippen LogP contribution in [0, 0.1) is 11.8 Å². The number of hydrogen-bond donors (Lipinski definition) is 3. The Balaban J connectivity index is 2.17. The molecule has 6 nitrogen and oxygen atoms in total. The maximum absolute atomic E-state index is 12.2. The van der Waals surface area contributed by atoms with Gasteiger partial charge in [-0.2, -0.15) is 0 Å². The van der Waals surface area contributed by atoms with Crippen LogP contribution < -0.4 is 5.32 Å². The van der Waals surface area contributed by atoms with Crippen molar-refractivity contribution in [3.05, 3.63) is 35.5 Å². The first-order valence-corrected chi connectivity index (χ1v) is 11.7. The number of hydrogen-bond acceptors (Lipinski definition) is 4. The van der Waals surface area contributed by atoms with Crippen molar-refractivity contribution in [1.82, 2.24) is 10.3 Å². The largest absolute Gasteiger partial charge is 0.444 e. The number of aromatic nitrogens is 1. The van der Waals surface area contributed by atoms with Gasteiger partial charge in [-0.25, -0.2) is 4.79 Å². The molecule has 0 aliphatic carbocycles. The Morgan fingerprint density at radius 3 is 2.53 bits per heavy atom. The minimum absolute atomic E-state index is 0.115.